The topological polar surface area (TPSA) is 63.1 Å². The maximum atomic E-state index is 13.0. The summed E-state index contributed by atoms with van der Waals surface area (Å²) in [4.78, 5) is 20.0. The second kappa shape index (κ2) is 7.95. The Kier molecular flexibility index (Phi) is 5.37. The number of fused-ring (bicyclic) bond motifs is 1. The Hall–Kier alpha value is -2.73. The lowest BCUT2D eigenvalue weighted by Gasteiger charge is -2.12. The van der Waals surface area contributed by atoms with Crippen LogP contribution in [0.3, 0.4) is 0 Å². The molecule has 1 aliphatic carbocycles. The van der Waals surface area contributed by atoms with Crippen LogP contribution in [0.1, 0.15) is 65.8 Å². The fraction of sp³-hybridized carbons (Fsp3) is 0.435. The Morgan fingerprint density at radius 2 is 1.90 bits per heavy atom. The minimum Gasteiger partial charge on any atom is -0.348 e. The van der Waals surface area contributed by atoms with Crippen molar-refractivity contribution in [3.63, 3.8) is 0 Å². The van der Waals surface area contributed by atoms with E-state index < -0.39 is 0 Å². The van der Waals surface area contributed by atoms with Crippen LogP contribution in [0.25, 0.3) is 11.0 Å². The molecule has 0 saturated heterocycles. The van der Waals surface area contributed by atoms with Gasteiger partial charge in [-0.1, -0.05) is 24.3 Å². The SMILES string of the molecule is CC(C)n1ncc2c(C(=O)NCc3ccc(CN(C)C)cc3)cc(C3CC3)nc21. The predicted molar refractivity (Wildman–Crippen MR) is 115 cm³/mol. The van der Waals surface area contributed by atoms with Gasteiger partial charge in [0.1, 0.15) is 0 Å². The highest BCUT2D eigenvalue weighted by molar-refractivity contribution is 6.05. The van der Waals surface area contributed by atoms with E-state index in [9.17, 15) is 4.79 Å². The number of hydrogen-bond acceptors (Lipinski definition) is 4. The van der Waals surface area contributed by atoms with Crippen LogP contribution in [-0.2, 0) is 13.1 Å². The Morgan fingerprint density at radius 3 is 2.52 bits per heavy atom. The molecule has 0 atom stereocenters. The van der Waals surface area contributed by atoms with Crippen LogP contribution in [0, 0.1) is 0 Å². The summed E-state index contributed by atoms with van der Waals surface area (Å²) in [5, 5.41) is 8.38. The molecule has 1 N–H and O–H groups in total. The molecule has 0 bridgehead atoms. The summed E-state index contributed by atoms with van der Waals surface area (Å²) >= 11 is 0. The van der Waals surface area contributed by atoms with Crippen molar-refractivity contribution in [3.05, 3.63) is 58.9 Å². The molecule has 1 fully saturated rings. The van der Waals surface area contributed by atoms with Gasteiger partial charge in [-0.05, 0) is 58.0 Å². The quantitative estimate of drug-likeness (QED) is 0.664. The van der Waals surface area contributed by atoms with Crippen molar-refractivity contribution in [3.8, 4) is 0 Å². The molecule has 152 valence electrons. The Balaban J connectivity index is 1.55. The van der Waals surface area contributed by atoms with Crippen molar-refractivity contribution in [2.24, 2.45) is 0 Å². The van der Waals surface area contributed by atoms with Crippen LogP contribution < -0.4 is 5.32 Å². The Labute approximate surface area is 171 Å². The molecule has 3 aromatic rings. The van der Waals surface area contributed by atoms with E-state index in [4.69, 9.17) is 4.98 Å². The number of aromatic nitrogens is 3. The highest BCUT2D eigenvalue weighted by Crippen LogP contribution is 2.40. The molecule has 0 aliphatic heterocycles. The van der Waals surface area contributed by atoms with Crippen molar-refractivity contribution in [2.75, 3.05) is 14.1 Å². The van der Waals surface area contributed by atoms with E-state index in [1.54, 1.807) is 6.20 Å². The lowest BCUT2D eigenvalue weighted by Crippen LogP contribution is -2.23. The van der Waals surface area contributed by atoms with Gasteiger partial charge >= 0.3 is 0 Å². The molecule has 6 nitrogen and oxygen atoms in total. The first-order valence-electron chi connectivity index (χ1n) is 10.3. The summed E-state index contributed by atoms with van der Waals surface area (Å²) in [7, 11) is 4.11. The van der Waals surface area contributed by atoms with Crippen LogP contribution in [-0.4, -0.2) is 39.7 Å². The standard InChI is InChI=1S/C23H29N5O/c1-15(2)28-22-20(13-25-28)19(11-21(26-22)18-9-10-18)23(29)24-12-16-5-7-17(8-6-16)14-27(3)4/h5-8,11,13,15,18H,9-10,12,14H2,1-4H3,(H,24,29). The number of pyridine rings is 1. The molecule has 4 rings (SSSR count). The second-order valence-corrected chi connectivity index (χ2v) is 8.53. The van der Waals surface area contributed by atoms with Gasteiger partial charge in [-0.2, -0.15) is 5.10 Å². The van der Waals surface area contributed by atoms with E-state index >= 15 is 0 Å². The minimum absolute atomic E-state index is 0.0695. The average molecular weight is 392 g/mol. The van der Waals surface area contributed by atoms with Gasteiger partial charge in [0, 0.05) is 30.7 Å². The van der Waals surface area contributed by atoms with E-state index in [1.165, 1.54) is 5.56 Å². The van der Waals surface area contributed by atoms with Crippen LogP contribution >= 0.6 is 0 Å². The molecule has 1 aliphatic rings. The van der Waals surface area contributed by atoms with Crippen LogP contribution in [0.2, 0.25) is 0 Å². The number of rotatable bonds is 7. The molecule has 2 aromatic heterocycles. The maximum absolute atomic E-state index is 13.0. The normalized spacial score (nSPS) is 14.1. The Morgan fingerprint density at radius 1 is 1.21 bits per heavy atom. The van der Waals surface area contributed by atoms with Gasteiger partial charge in [0.2, 0.25) is 0 Å². The van der Waals surface area contributed by atoms with Gasteiger partial charge in [-0.15, -0.1) is 0 Å². The summed E-state index contributed by atoms with van der Waals surface area (Å²) < 4.78 is 1.90. The number of carbonyl (C=O) groups is 1. The number of amides is 1. The fourth-order valence-corrected chi connectivity index (χ4v) is 3.60. The van der Waals surface area contributed by atoms with Crippen molar-refractivity contribution >= 4 is 16.9 Å². The summed E-state index contributed by atoms with van der Waals surface area (Å²) in [6.45, 7) is 5.57. The first-order chi connectivity index (χ1) is 13.9. The predicted octanol–water partition coefficient (Wildman–Crippen LogP) is 3.88. The first-order valence-corrected chi connectivity index (χ1v) is 10.3. The van der Waals surface area contributed by atoms with Crippen molar-refractivity contribution in [1.29, 1.82) is 0 Å². The van der Waals surface area contributed by atoms with E-state index in [0.717, 1.165) is 41.7 Å². The lowest BCUT2D eigenvalue weighted by atomic mass is 10.1. The fourth-order valence-electron chi connectivity index (χ4n) is 3.60. The third-order valence-corrected chi connectivity index (χ3v) is 5.29. The van der Waals surface area contributed by atoms with E-state index in [2.05, 4.69) is 67.5 Å². The largest absolute Gasteiger partial charge is 0.348 e. The zero-order valence-corrected chi connectivity index (χ0v) is 17.6. The second-order valence-electron chi connectivity index (χ2n) is 8.53. The molecule has 0 radical (unpaired) electrons. The number of nitrogens with one attached hydrogen (secondary N) is 1. The molecule has 1 saturated carbocycles. The molecule has 1 amide bonds. The highest BCUT2D eigenvalue weighted by Gasteiger charge is 2.28. The molecule has 29 heavy (non-hydrogen) atoms. The van der Waals surface area contributed by atoms with Gasteiger partial charge in [-0.25, -0.2) is 9.67 Å². The number of hydrogen-bond donors (Lipinski definition) is 1. The minimum atomic E-state index is -0.0695. The summed E-state index contributed by atoms with van der Waals surface area (Å²) in [6, 6.07) is 10.5. The molecular weight excluding hydrogens is 362 g/mol. The number of carbonyl (C=O) groups excluding carboxylic acids is 1. The zero-order valence-electron chi connectivity index (χ0n) is 17.6. The molecule has 0 unspecified atom stereocenters. The van der Waals surface area contributed by atoms with Crippen molar-refractivity contribution in [1.82, 2.24) is 25.0 Å². The number of nitrogens with zero attached hydrogens (tertiary/aromatic N) is 4. The van der Waals surface area contributed by atoms with Crippen LogP contribution in [0.4, 0.5) is 0 Å². The van der Waals surface area contributed by atoms with E-state index in [0.29, 0.717) is 18.0 Å². The lowest BCUT2D eigenvalue weighted by molar-refractivity contribution is 0.0952. The average Bonchev–Trinajstić information content (AvgIpc) is 3.44. The maximum Gasteiger partial charge on any atom is 0.252 e. The first kappa shape index (κ1) is 19.6. The summed E-state index contributed by atoms with van der Waals surface area (Å²) in [5.41, 5.74) is 4.84. The van der Waals surface area contributed by atoms with Gasteiger partial charge in [0.25, 0.3) is 5.91 Å². The van der Waals surface area contributed by atoms with Crippen molar-refractivity contribution < 1.29 is 4.79 Å². The number of benzene rings is 1. The Bertz CT molecular complexity index is 1020. The summed E-state index contributed by atoms with van der Waals surface area (Å²) in [5.74, 6) is 0.408. The third kappa shape index (κ3) is 4.32. The molecule has 2 heterocycles. The zero-order chi connectivity index (χ0) is 20.5. The molecule has 1 aromatic carbocycles. The molecule has 0 spiro atoms. The van der Waals surface area contributed by atoms with Gasteiger partial charge < -0.3 is 10.2 Å². The van der Waals surface area contributed by atoms with Gasteiger partial charge in [0.15, 0.2) is 5.65 Å². The molecular formula is C23H29N5O. The van der Waals surface area contributed by atoms with Crippen LogP contribution in [0.15, 0.2) is 36.5 Å². The molecule has 6 heteroatoms. The third-order valence-electron chi connectivity index (χ3n) is 5.29. The van der Waals surface area contributed by atoms with E-state index in [1.807, 2.05) is 10.7 Å². The van der Waals surface area contributed by atoms with Crippen LogP contribution in [0.5, 0.6) is 0 Å². The highest BCUT2D eigenvalue weighted by atomic mass is 16.1. The van der Waals surface area contributed by atoms with Gasteiger partial charge in [-0.3, -0.25) is 4.79 Å². The van der Waals surface area contributed by atoms with E-state index in [-0.39, 0.29) is 11.9 Å². The smallest absolute Gasteiger partial charge is 0.252 e. The van der Waals surface area contributed by atoms with Gasteiger partial charge in [0.05, 0.1) is 17.1 Å². The monoisotopic (exact) mass is 391 g/mol. The summed E-state index contributed by atoms with van der Waals surface area (Å²) in [6.07, 6.45) is 4.06. The van der Waals surface area contributed by atoms with Crippen molar-refractivity contribution in [2.45, 2.75) is 51.7 Å².